The summed E-state index contributed by atoms with van der Waals surface area (Å²) in [5, 5.41) is 11.4. The predicted octanol–water partition coefficient (Wildman–Crippen LogP) is 1.95. The molecule has 0 saturated heterocycles. The summed E-state index contributed by atoms with van der Waals surface area (Å²) >= 11 is 0. The summed E-state index contributed by atoms with van der Waals surface area (Å²) in [7, 11) is 0. The molecule has 1 aromatic rings. The Kier molecular flexibility index (Phi) is 3.78. The van der Waals surface area contributed by atoms with Crippen molar-refractivity contribution in [2.24, 2.45) is 5.92 Å². The zero-order chi connectivity index (χ0) is 14.0. The van der Waals surface area contributed by atoms with E-state index in [4.69, 9.17) is 5.11 Å². The molecular weight excluding hydrogens is 256 g/mol. The van der Waals surface area contributed by atoms with Crippen LogP contribution in [0.4, 0.5) is 8.78 Å². The molecule has 2 N–H and O–H groups in total. The van der Waals surface area contributed by atoms with Crippen molar-refractivity contribution in [3.05, 3.63) is 35.4 Å². The molecule has 0 aliphatic heterocycles. The molecule has 1 saturated carbocycles. The summed E-state index contributed by atoms with van der Waals surface area (Å²) in [6.07, 6.45) is 1.63. The second kappa shape index (κ2) is 5.34. The van der Waals surface area contributed by atoms with Gasteiger partial charge in [-0.15, -0.1) is 0 Å². The Balaban J connectivity index is 2.15. The first-order valence-electron chi connectivity index (χ1n) is 5.98. The van der Waals surface area contributed by atoms with E-state index in [2.05, 4.69) is 5.32 Å². The number of benzene rings is 1. The third-order valence-electron chi connectivity index (χ3n) is 3.34. The number of halogens is 2. The largest absolute Gasteiger partial charge is 0.481 e. The molecule has 102 valence electrons. The third kappa shape index (κ3) is 2.72. The van der Waals surface area contributed by atoms with Crippen molar-refractivity contribution in [3.8, 4) is 0 Å². The van der Waals surface area contributed by atoms with E-state index in [1.807, 2.05) is 0 Å². The normalized spacial score (nSPS) is 22.2. The third-order valence-corrected chi connectivity index (χ3v) is 3.34. The second-order valence-corrected chi connectivity index (χ2v) is 4.55. The molecule has 1 aromatic carbocycles. The van der Waals surface area contributed by atoms with Crippen LogP contribution >= 0.6 is 0 Å². The van der Waals surface area contributed by atoms with E-state index in [9.17, 15) is 18.4 Å². The van der Waals surface area contributed by atoms with Gasteiger partial charge < -0.3 is 10.4 Å². The van der Waals surface area contributed by atoms with E-state index in [1.165, 1.54) is 0 Å². The van der Waals surface area contributed by atoms with Crippen molar-refractivity contribution < 1.29 is 23.5 Å². The average Bonchev–Trinajstić information content (AvgIpc) is 2.76. The Morgan fingerprint density at radius 1 is 1.21 bits per heavy atom. The van der Waals surface area contributed by atoms with Crippen LogP contribution in [-0.2, 0) is 4.79 Å². The maximum absolute atomic E-state index is 13.4. The molecule has 19 heavy (non-hydrogen) atoms. The van der Waals surface area contributed by atoms with E-state index in [1.54, 1.807) is 0 Å². The van der Waals surface area contributed by atoms with Crippen LogP contribution in [0.2, 0.25) is 0 Å². The number of nitrogens with one attached hydrogen (secondary N) is 1. The van der Waals surface area contributed by atoms with Crippen molar-refractivity contribution in [1.29, 1.82) is 0 Å². The number of rotatable bonds is 3. The average molecular weight is 269 g/mol. The highest BCUT2D eigenvalue weighted by atomic mass is 19.1. The number of amides is 1. The molecule has 1 amide bonds. The number of carbonyl (C=O) groups is 2. The lowest BCUT2D eigenvalue weighted by molar-refractivity contribution is -0.142. The number of hydrogen-bond donors (Lipinski definition) is 2. The molecule has 1 fully saturated rings. The van der Waals surface area contributed by atoms with Gasteiger partial charge >= 0.3 is 5.97 Å². The van der Waals surface area contributed by atoms with Gasteiger partial charge in [0.2, 0.25) is 0 Å². The first kappa shape index (κ1) is 13.5. The van der Waals surface area contributed by atoms with Gasteiger partial charge in [0.05, 0.1) is 5.92 Å². The Hall–Kier alpha value is -1.98. The highest BCUT2D eigenvalue weighted by Crippen LogP contribution is 2.26. The highest BCUT2D eigenvalue weighted by Gasteiger charge is 2.34. The second-order valence-electron chi connectivity index (χ2n) is 4.55. The van der Waals surface area contributed by atoms with Crippen molar-refractivity contribution in [1.82, 2.24) is 5.32 Å². The maximum atomic E-state index is 13.4. The van der Waals surface area contributed by atoms with Crippen molar-refractivity contribution in [2.75, 3.05) is 0 Å². The van der Waals surface area contributed by atoms with Crippen molar-refractivity contribution >= 4 is 11.9 Å². The van der Waals surface area contributed by atoms with Gasteiger partial charge in [0, 0.05) is 6.04 Å². The van der Waals surface area contributed by atoms with Gasteiger partial charge in [-0.1, -0.05) is 12.5 Å². The molecule has 1 aliphatic rings. The van der Waals surface area contributed by atoms with Gasteiger partial charge in [-0.05, 0) is 25.0 Å². The molecule has 6 heteroatoms. The SMILES string of the molecule is O=C(NC1CCCC1C(=O)O)c1c(F)cccc1F. The summed E-state index contributed by atoms with van der Waals surface area (Å²) in [6.45, 7) is 0. The number of aliphatic carboxylic acids is 1. The lowest BCUT2D eigenvalue weighted by Crippen LogP contribution is -2.40. The molecule has 0 radical (unpaired) electrons. The lowest BCUT2D eigenvalue weighted by atomic mass is 10.0. The van der Waals surface area contributed by atoms with Crippen LogP contribution in [0.15, 0.2) is 18.2 Å². The molecule has 4 nitrogen and oxygen atoms in total. The van der Waals surface area contributed by atoms with E-state index < -0.39 is 41.0 Å². The predicted molar refractivity (Wildman–Crippen MR) is 62.6 cm³/mol. The van der Waals surface area contributed by atoms with Crippen LogP contribution in [0, 0.1) is 17.6 Å². The monoisotopic (exact) mass is 269 g/mol. The van der Waals surface area contributed by atoms with Gasteiger partial charge in [0.25, 0.3) is 5.91 Å². The first-order chi connectivity index (χ1) is 9.00. The summed E-state index contributed by atoms with van der Waals surface area (Å²) < 4.78 is 26.8. The number of carboxylic acid groups (broad SMARTS) is 1. The molecule has 0 aromatic heterocycles. The maximum Gasteiger partial charge on any atom is 0.308 e. The standard InChI is InChI=1S/C13H13F2NO3/c14-8-4-2-5-9(15)11(8)12(17)16-10-6-1-3-7(10)13(18)19/h2,4-5,7,10H,1,3,6H2,(H,16,17)(H,18,19). The summed E-state index contributed by atoms with van der Waals surface area (Å²) in [6, 6.07) is 2.56. The minimum atomic E-state index is -1.00. The van der Waals surface area contributed by atoms with Crippen LogP contribution < -0.4 is 5.32 Å². The molecule has 1 aliphatic carbocycles. The number of hydrogen-bond acceptors (Lipinski definition) is 2. The molecule has 0 heterocycles. The fourth-order valence-corrected chi connectivity index (χ4v) is 2.38. The minimum absolute atomic E-state index is 0.458. The van der Waals surface area contributed by atoms with Gasteiger partial charge in [0.15, 0.2) is 0 Å². The molecule has 2 atom stereocenters. The van der Waals surface area contributed by atoms with Gasteiger partial charge in [-0.2, -0.15) is 0 Å². The molecule has 2 rings (SSSR count). The Labute approximate surface area is 108 Å². The molecule has 0 bridgehead atoms. The van der Waals surface area contributed by atoms with Crippen molar-refractivity contribution in [3.63, 3.8) is 0 Å². The Morgan fingerprint density at radius 2 is 1.84 bits per heavy atom. The van der Waals surface area contributed by atoms with Crippen molar-refractivity contribution in [2.45, 2.75) is 25.3 Å². The fourth-order valence-electron chi connectivity index (χ4n) is 2.38. The zero-order valence-electron chi connectivity index (χ0n) is 10.0. The van der Waals surface area contributed by atoms with Crippen LogP contribution in [0.3, 0.4) is 0 Å². The molecule has 2 unspecified atom stereocenters. The first-order valence-corrected chi connectivity index (χ1v) is 5.98. The summed E-state index contributed by atoms with van der Waals surface area (Å²) in [5.74, 6) is -4.52. The summed E-state index contributed by atoms with van der Waals surface area (Å²) in [4.78, 5) is 22.8. The van der Waals surface area contributed by atoms with E-state index >= 15 is 0 Å². The van der Waals surface area contributed by atoms with Crippen LogP contribution in [-0.4, -0.2) is 23.0 Å². The van der Waals surface area contributed by atoms with Crippen LogP contribution in [0.1, 0.15) is 29.6 Å². The Bertz CT molecular complexity index is 498. The lowest BCUT2D eigenvalue weighted by Gasteiger charge is -2.17. The van der Waals surface area contributed by atoms with Gasteiger partial charge in [-0.3, -0.25) is 9.59 Å². The van der Waals surface area contributed by atoms with E-state index in [0.717, 1.165) is 18.2 Å². The summed E-state index contributed by atoms with van der Waals surface area (Å²) in [5.41, 5.74) is -0.668. The minimum Gasteiger partial charge on any atom is -0.481 e. The number of carboxylic acids is 1. The van der Waals surface area contributed by atoms with E-state index in [-0.39, 0.29) is 0 Å². The van der Waals surface area contributed by atoms with Crippen LogP contribution in [0.25, 0.3) is 0 Å². The zero-order valence-corrected chi connectivity index (χ0v) is 10.0. The fraction of sp³-hybridized carbons (Fsp3) is 0.385. The smallest absolute Gasteiger partial charge is 0.308 e. The van der Waals surface area contributed by atoms with Gasteiger partial charge in [0.1, 0.15) is 17.2 Å². The van der Waals surface area contributed by atoms with Gasteiger partial charge in [-0.25, -0.2) is 8.78 Å². The Morgan fingerprint density at radius 3 is 2.42 bits per heavy atom. The number of carbonyl (C=O) groups excluding carboxylic acids is 1. The van der Waals surface area contributed by atoms with Crippen LogP contribution in [0.5, 0.6) is 0 Å². The highest BCUT2D eigenvalue weighted by molar-refractivity contribution is 5.95. The molecular formula is C13H13F2NO3. The van der Waals surface area contributed by atoms with E-state index in [0.29, 0.717) is 19.3 Å². The molecule has 0 spiro atoms. The topological polar surface area (TPSA) is 66.4 Å². The quantitative estimate of drug-likeness (QED) is 0.881.